The molecule has 0 aliphatic heterocycles. The van der Waals surface area contributed by atoms with Gasteiger partial charge in [-0.05, 0) is 45.0 Å². The Balaban J connectivity index is 1.77. The highest BCUT2D eigenvalue weighted by Gasteiger charge is 2.23. The summed E-state index contributed by atoms with van der Waals surface area (Å²) in [5.74, 6) is 2.19. The maximum Gasteiger partial charge on any atom is 0.204 e. The minimum atomic E-state index is -0.0786. The lowest BCUT2D eigenvalue weighted by Crippen LogP contribution is -2.16. The zero-order valence-corrected chi connectivity index (χ0v) is 20.5. The second-order valence-electron chi connectivity index (χ2n) is 8.42. The van der Waals surface area contributed by atoms with E-state index >= 15 is 0 Å². The summed E-state index contributed by atoms with van der Waals surface area (Å²) in [6.45, 7) is 7.13. The van der Waals surface area contributed by atoms with Crippen LogP contribution in [0.4, 0.5) is 5.95 Å². The molecular weight excluding hydrogens is 444 g/mol. The highest BCUT2D eigenvalue weighted by atomic mass is 16.5. The summed E-state index contributed by atoms with van der Waals surface area (Å²) in [6, 6.07) is 9.91. The van der Waals surface area contributed by atoms with Gasteiger partial charge in [-0.15, -0.1) is 0 Å². The monoisotopic (exact) mass is 472 g/mol. The fourth-order valence-electron chi connectivity index (χ4n) is 4.56. The predicted molar refractivity (Wildman–Crippen MR) is 135 cm³/mol. The van der Waals surface area contributed by atoms with Gasteiger partial charge in [0.2, 0.25) is 5.95 Å². The second-order valence-corrected chi connectivity index (χ2v) is 8.42. The average Bonchev–Trinajstić information content (AvgIpc) is 3.42. The Morgan fingerprint density at radius 1 is 1.11 bits per heavy atom. The van der Waals surface area contributed by atoms with E-state index in [1.807, 2.05) is 56.6 Å². The van der Waals surface area contributed by atoms with Gasteiger partial charge in [-0.1, -0.05) is 11.2 Å². The van der Waals surface area contributed by atoms with Crippen LogP contribution in [0.1, 0.15) is 30.1 Å². The number of fused-ring (bicyclic) bond motifs is 3. The smallest absolute Gasteiger partial charge is 0.204 e. The molecule has 0 spiro atoms. The molecule has 1 aromatic carbocycles. The van der Waals surface area contributed by atoms with E-state index in [1.165, 1.54) is 0 Å². The molecule has 0 fully saturated rings. The summed E-state index contributed by atoms with van der Waals surface area (Å²) in [6.07, 6.45) is 3.62. The van der Waals surface area contributed by atoms with Crippen LogP contribution in [0.15, 0.2) is 47.2 Å². The number of nitrogens with one attached hydrogen (secondary N) is 1. The first-order chi connectivity index (χ1) is 17.0. The maximum atomic E-state index is 5.84. The highest BCUT2D eigenvalue weighted by Crippen LogP contribution is 2.40. The van der Waals surface area contributed by atoms with Crippen molar-refractivity contribution in [2.45, 2.75) is 26.8 Å². The molecule has 0 aliphatic rings. The number of pyridine rings is 2. The molecule has 5 rings (SSSR count). The summed E-state index contributed by atoms with van der Waals surface area (Å²) in [5, 5.41) is 8.47. The first-order valence-electron chi connectivity index (χ1n) is 11.5. The molecule has 0 aliphatic carbocycles. The highest BCUT2D eigenvalue weighted by molar-refractivity contribution is 6.05. The van der Waals surface area contributed by atoms with Gasteiger partial charge < -0.3 is 23.9 Å². The van der Waals surface area contributed by atoms with E-state index < -0.39 is 0 Å². The Bertz CT molecular complexity index is 1470. The molecule has 0 unspecified atom stereocenters. The Hall–Kier alpha value is -3.98. The van der Waals surface area contributed by atoms with Gasteiger partial charge in [-0.25, -0.2) is 4.98 Å². The molecular formula is C26H28N6O3. The molecule has 0 bridgehead atoms. The number of aryl methyl sites for hydroxylation is 2. The van der Waals surface area contributed by atoms with E-state index in [2.05, 4.69) is 26.9 Å². The maximum absolute atomic E-state index is 5.84. The minimum absolute atomic E-state index is 0.0786. The van der Waals surface area contributed by atoms with Crippen molar-refractivity contribution in [3.63, 3.8) is 0 Å². The lowest BCUT2D eigenvalue weighted by Gasteiger charge is -2.19. The molecule has 180 valence electrons. The fourth-order valence-corrected chi connectivity index (χ4v) is 4.56. The van der Waals surface area contributed by atoms with Gasteiger partial charge in [-0.2, -0.15) is 0 Å². The van der Waals surface area contributed by atoms with E-state index in [0.29, 0.717) is 18.9 Å². The molecule has 4 aromatic heterocycles. The Morgan fingerprint density at radius 2 is 1.97 bits per heavy atom. The molecule has 9 nitrogen and oxygen atoms in total. The molecule has 1 N–H and O–H groups in total. The summed E-state index contributed by atoms with van der Waals surface area (Å²) in [7, 11) is 3.35. The number of rotatable bonds is 8. The summed E-state index contributed by atoms with van der Waals surface area (Å²) in [4.78, 5) is 14.2. The lowest BCUT2D eigenvalue weighted by atomic mass is 10.0. The fraction of sp³-hybridized carbons (Fsp3) is 0.308. The number of benzene rings is 1. The van der Waals surface area contributed by atoms with Crippen LogP contribution in [0.5, 0.6) is 5.75 Å². The molecule has 0 saturated heterocycles. The first-order valence-corrected chi connectivity index (χ1v) is 11.5. The van der Waals surface area contributed by atoms with Gasteiger partial charge in [0.15, 0.2) is 0 Å². The largest absolute Gasteiger partial charge is 0.496 e. The van der Waals surface area contributed by atoms with Crippen molar-refractivity contribution in [2.75, 3.05) is 32.7 Å². The number of methoxy groups -OCH3 is 2. The van der Waals surface area contributed by atoms with Crippen molar-refractivity contribution < 1.29 is 14.0 Å². The topological polar surface area (TPSA) is 100 Å². The van der Waals surface area contributed by atoms with Crippen molar-refractivity contribution in [2.24, 2.45) is 0 Å². The molecule has 9 heteroatoms. The van der Waals surface area contributed by atoms with E-state index in [4.69, 9.17) is 24.0 Å². The van der Waals surface area contributed by atoms with Gasteiger partial charge in [0.1, 0.15) is 17.0 Å². The summed E-state index contributed by atoms with van der Waals surface area (Å²) >= 11 is 0. The Kier molecular flexibility index (Phi) is 6.08. The first kappa shape index (κ1) is 22.8. The lowest BCUT2D eigenvalue weighted by molar-refractivity contribution is 0.210. The van der Waals surface area contributed by atoms with Gasteiger partial charge in [0.25, 0.3) is 0 Å². The van der Waals surface area contributed by atoms with E-state index in [0.717, 1.165) is 56.2 Å². The quantitative estimate of drug-likeness (QED) is 0.317. The molecule has 1 atom stereocenters. The van der Waals surface area contributed by atoms with E-state index in [-0.39, 0.29) is 6.04 Å². The third-order valence-electron chi connectivity index (χ3n) is 6.23. The number of nitrogens with zero attached hydrogens (tertiary/aromatic N) is 5. The Labute approximate surface area is 203 Å². The normalized spacial score (nSPS) is 12.4. The average molecular weight is 473 g/mol. The summed E-state index contributed by atoms with van der Waals surface area (Å²) in [5.41, 5.74) is 6.12. The molecule has 0 saturated carbocycles. The van der Waals surface area contributed by atoms with Crippen LogP contribution >= 0.6 is 0 Å². The zero-order chi connectivity index (χ0) is 24.5. The molecule has 5 aromatic rings. The van der Waals surface area contributed by atoms with Gasteiger partial charge in [0, 0.05) is 30.8 Å². The molecule has 4 heterocycles. The minimum Gasteiger partial charge on any atom is -0.496 e. The molecule has 35 heavy (non-hydrogen) atoms. The van der Waals surface area contributed by atoms with Crippen molar-refractivity contribution in [3.8, 4) is 16.9 Å². The zero-order valence-electron chi connectivity index (χ0n) is 20.5. The predicted octanol–water partition coefficient (Wildman–Crippen LogP) is 4.93. The SMILES string of the molecule is COCCNc1nc2cnc3cc(-c4c(C)noc4C)c(OC)cc3c2n1[C@H](C)c1ccccn1. The number of imidazole rings is 1. The van der Waals surface area contributed by atoms with Crippen LogP contribution in [0.3, 0.4) is 0 Å². The third kappa shape index (κ3) is 3.97. The summed E-state index contributed by atoms with van der Waals surface area (Å²) < 4.78 is 18.7. The van der Waals surface area contributed by atoms with Crippen LogP contribution in [0.2, 0.25) is 0 Å². The van der Waals surface area contributed by atoms with Crippen LogP contribution in [0.25, 0.3) is 33.1 Å². The second kappa shape index (κ2) is 9.34. The van der Waals surface area contributed by atoms with Crippen LogP contribution in [-0.4, -0.2) is 52.0 Å². The van der Waals surface area contributed by atoms with Crippen LogP contribution < -0.4 is 10.1 Å². The molecule has 0 radical (unpaired) electrons. The van der Waals surface area contributed by atoms with E-state index in [9.17, 15) is 0 Å². The number of hydrogen-bond acceptors (Lipinski definition) is 8. The standard InChI is InChI=1S/C26H28N6O3/c1-15-24(17(3)35-31-15)19-12-21-18(13-23(19)34-5)25-22(14-29-21)30-26(28-10-11-33-4)32(25)16(2)20-8-6-7-9-27-20/h6-9,12-14,16H,10-11H2,1-5H3,(H,28,30)/t16-/m1/s1. The van der Waals surface area contributed by atoms with Gasteiger partial charge in [0.05, 0.1) is 53.9 Å². The van der Waals surface area contributed by atoms with Gasteiger partial charge in [-0.3, -0.25) is 9.97 Å². The van der Waals surface area contributed by atoms with Gasteiger partial charge >= 0.3 is 0 Å². The van der Waals surface area contributed by atoms with Crippen molar-refractivity contribution >= 4 is 27.9 Å². The number of anilines is 1. The third-order valence-corrected chi connectivity index (χ3v) is 6.23. The Morgan fingerprint density at radius 3 is 2.66 bits per heavy atom. The van der Waals surface area contributed by atoms with Crippen LogP contribution in [0, 0.1) is 13.8 Å². The number of ether oxygens (including phenoxy) is 2. The van der Waals surface area contributed by atoms with Crippen LogP contribution in [-0.2, 0) is 4.74 Å². The molecule has 0 amide bonds. The van der Waals surface area contributed by atoms with Crippen molar-refractivity contribution in [1.29, 1.82) is 0 Å². The van der Waals surface area contributed by atoms with Crippen molar-refractivity contribution in [1.82, 2.24) is 24.7 Å². The van der Waals surface area contributed by atoms with Crippen molar-refractivity contribution in [3.05, 3.63) is 59.9 Å². The van der Waals surface area contributed by atoms with E-state index in [1.54, 1.807) is 14.2 Å². The number of hydrogen-bond donors (Lipinski definition) is 1. The number of aromatic nitrogens is 5.